The minimum Gasteiger partial charge on any atom is -0.490 e. The Bertz CT molecular complexity index is 1200. The van der Waals surface area contributed by atoms with Crippen molar-refractivity contribution < 1.29 is 46.4 Å². The zero-order valence-corrected chi connectivity index (χ0v) is 25.4. The van der Waals surface area contributed by atoms with Crippen molar-refractivity contribution in [1.82, 2.24) is 0 Å². The minimum absolute atomic E-state index is 0. The fourth-order valence-corrected chi connectivity index (χ4v) is 5.28. The van der Waals surface area contributed by atoms with Crippen LogP contribution in [0.2, 0.25) is 0 Å². The second-order valence-electron chi connectivity index (χ2n) is 11.7. The van der Waals surface area contributed by atoms with Crippen LogP contribution in [0.3, 0.4) is 0 Å². The molecule has 0 amide bonds. The van der Waals surface area contributed by atoms with Crippen molar-refractivity contribution in [1.29, 1.82) is 0 Å². The van der Waals surface area contributed by atoms with Gasteiger partial charge in [-0.3, -0.25) is 4.79 Å². The maximum atomic E-state index is 12.7. The summed E-state index contributed by atoms with van der Waals surface area (Å²) in [5.74, 6) is 0.890. The molecule has 4 aliphatic heterocycles. The first-order valence-corrected chi connectivity index (χ1v) is 15.2. The van der Waals surface area contributed by atoms with Gasteiger partial charge in [-0.25, -0.2) is 0 Å². The quantitative estimate of drug-likeness (QED) is 0.273. The number of rotatable bonds is 0. The van der Waals surface area contributed by atoms with Crippen molar-refractivity contribution in [2.75, 3.05) is 13.2 Å². The number of cyclic esters (lactones) is 1. The molecule has 7 nitrogen and oxygen atoms in total. The predicted octanol–water partition coefficient (Wildman–Crippen LogP) is 8.34. The molecule has 1 aliphatic carbocycles. The van der Waals surface area contributed by atoms with E-state index in [2.05, 4.69) is 40.2 Å². The van der Waals surface area contributed by atoms with E-state index in [-0.39, 0.29) is 36.6 Å². The molecule has 2 saturated heterocycles. The van der Waals surface area contributed by atoms with Crippen LogP contribution in [-0.4, -0.2) is 49.6 Å². The van der Waals surface area contributed by atoms with E-state index in [0.29, 0.717) is 18.8 Å². The molecule has 4 heterocycles. The molecule has 246 valence electrons. The largest absolute Gasteiger partial charge is 0.490 e. The standard InChI is InChI=1S/C10H12O.C9H7F3O2.C9H16O2.C5H8O2.CH4/c1-8-6-7-9-4-2-3-5-10(9)11-8;1-5-2-3-6-7(4-5)13-8(10)9(11,12)14-6;1-8-7-10-9(11-8)5-3-2-4-6-9;1-4-2-3-7-5(4)6;/h2-5,8H,6-7H2,1H3;2-4,8H,1H3;8H,2-7H2,1H3;4H,2-3H2,1H3;1H4. The van der Waals surface area contributed by atoms with Crippen molar-refractivity contribution in [2.45, 2.75) is 117 Å². The number of carbonyl (C=O) groups is 1. The Morgan fingerprint density at radius 1 is 0.864 bits per heavy atom. The number of hydrogen-bond donors (Lipinski definition) is 0. The highest BCUT2D eigenvalue weighted by atomic mass is 19.3. The summed E-state index contributed by atoms with van der Waals surface area (Å²) in [5, 5.41) is 0. The highest BCUT2D eigenvalue weighted by Gasteiger charge is 2.49. The van der Waals surface area contributed by atoms with E-state index in [1.165, 1.54) is 37.0 Å². The van der Waals surface area contributed by atoms with E-state index in [0.717, 1.165) is 50.0 Å². The Kier molecular flexibility index (Phi) is 12.8. The number of benzene rings is 2. The van der Waals surface area contributed by atoms with Crippen molar-refractivity contribution >= 4 is 5.97 Å². The average Bonchev–Trinajstić information content (AvgIpc) is 3.53. The molecule has 7 rings (SSSR count). The van der Waals surface area contributed by atoms with Gasteiger partial charge < -0.3 is 28.4 Å². The summed E-state index contributed by atoms with van der Waals surface area (Å²) >= 11 is 0. The van der Waals surface area contributed by atoms with Crippen molar-refractivity contribution in [3.8, 4) is 17.2 Å². The van der Waals surface area contributed by atoms with Crippen molar-refractivity contribution in [2.24, 2.45) is 5.92 Å². The number of alkyl halides is 3. The lowest BCUT2D eigenvalue weighted by Gasteiger charge is -2.31. The number of hydrogen-bond acceptors (Lipinski definition) is 7. The van der Waals surface area contributed by atoms with E-state index in [1.807, 2.05) is 19.1 Å². The number of fused-ring (bicyclic) bond motifs is 2. The maximum Gasteiger partial charge on any atom is 0.468 e. The molecule has 2 aromatic carbocycles. The van der Waals surface area contributed by atoms with Gasteiger partial charge in [0.1, 0.15) is 5.75 Å². The molecule has 5 aliphatic rings. The lowest BCUT2D eigenvalue weighted by molar-refractivity contribution is -0.281. The molecule has 0 aromatic heterocycles. The van der Waals surface area contributed by atoms with Gasteiger partial charge in [-0.15, -0.1) is 0 Å². The van der Waals surface area contributed by atoms with Crippen LogP contribution in [0.15, 0.2) is 42.5 Å². The summed E-state index contributed by atoms with van der Waals surface area (Å²) in [6, 6.07) is 12.6. The van der Waals surface area contributed by atoms with Gasteiger partial charge in [0.25, 0.3) is 0 Å². The first kappa shape index (κ1) is 35.5. The number of carbonyl (C=O) groups excluding carboxylic acids is 1. The molecule has 0 radical (unpaired) electrons. The number of ether oxygens (including phenoxy) is 6. The Morgan fingerprint density at radius 3 is 2.20 bits per heavy atom. The molecule has 4 unspecified atom stereocenters. The monoisotopic (exact) mass is 624 g/mol. The molecular weight excluding hydrogens is 577 g/mol. The van der Waals surface area contributed by atoms with E-state index in [9.17, 15) is 18.0 Å². The lowest BCUT2D eigenvalue weighted by atomic mass is 9.94. The molecule has 44 heavy (non-hydrogen) atoms. The third-order valence-electron chi connectivity index (χ3n) is 7.77. The van der Waals surface area contributed by atoms with Gasteiger partial charge >= 0.3 is 18.4 Å². The Morgan fingerprint density at radius 2 is 1.59 bits per heavy atom. The number of para-hydroxylation sites is 1. The summed E-state index contributed by atoms with van der Waals surface area (Å²) in [4.78, 5) is 10.4. The molecular formula is C34H47F3O7. The highest BCUT2D eigenvalue weighted by Crippen LogP contribution is 2.41. The van der Waals surface area contributed by atoms with Gasteiger partial charge in [-0.1, -0.05) is 45.0 Å². The molecule has 3 fully saturated rings. The predicted molar refractivity (Wildman–Crippen MR) is 161 cm³/mol. The third-order valence-corrected chi connectivity index (χ3v) is 7.77. The summed E-state index contributed by atoms with van der Waals surface area (Å²) in [6.07, 6.45) is 3.36. The van der Waals surface area contributed by atoms with Crippen LogP contribution < -0.4 is 14.2 Å². The Hall–Kier alpha value is -2.98. The summed E-state index contributed by atoms with van der Waals surface area (Å²) in [5.41, 5.74) is 2.13. The second kappa shape index (κ2) is 15.8. The molecule has 4 atom stereocenters. The fourth-order valence-electron chi connectivity index (χ4n) is 5.28. The summed E-state index contributed by atoms with van der Waals surface area (Å²) in [7, 11) is 0. The zero-order chi connectivity index (χ0) is 31.0. The molecule has 1 spiro atoms. The minimum atomic E-state index is -3.91. The van der Waals surface area contributed by atoms with E-state index in [1.54, 1.807) is 13.0 Å². The topological polar surface area (TPSA) is 72.5 Å². The van der Waals surface area contributed by atoms with Gasteiger partial charge in [-0.2, -0.15) is 13.2 Å². The van der Waals surface area contributed by atoms with Crippen LogP contribution in [0.4, 0.5) is 13.2 Å². The average molecular weight is 625 g/mol. The van der Waals surface area contributed by atoms with Crippen LogP contribution in [0.25, 0.3) is 0 Å². The van der Waals surface area contributed by atoms with Gasteiger partial charge in [0.15, 0.2) is 17.3 Å². The van der Waals surface area contributed by atoms with Gasteiger partial charge in [-0.05, 0) is 82.2 Å². The number of aryl methyl sites for hydroxylation is 2. The number of halogens is 3. The Labute approximate surface area is 259 Å². The maximum absolute atomic E-state index is 12.7. The van der Waals surface area contributed by atoms with Gasteiger partial charge in [0.2, 0.25) is 0 Å². The van der Waals surface area contributed by atoms with E-state index >= 15 is 0 Å². The zero-order valence-electron chi connectivity index (χ0n) is 25.4. The molecule has 2 aromatic rings. The van der Waals surface area contributed by atoms with Gasteiger partial charge in [0.05, 0.1) is 31.3 Å². The van der Waals surface area contributed by atoms with Crippen LogP contribution in [0, 0.1) is 12.8 Å². The first-order chi connectivity index (χ1) is 20.5. The smallest absolute Gasteiger partial charge is 0.468 e. The lowest BCUT2D eigenvalue weighted by Crippen LogP contribution is -2.43. The normalized spacial score (nSPS) is 26.8. The van der Waals surface area contributed by atoms with Crippen molar-refractivity contribution in [3.63, 3.8) is 0 Å². The second-order valence-corrected chi connectivity index (χ2v) is 11.7. The van der Waals surface area contributed by atoms with E-state index in [4.69, 9.17) is 14.2 Å². The number of esters is 1. The van der Waals surface area contributed by atoms with Crippen LogP contribution in [0.5, 0.6) is 17.2 Å². The fraction of sp³-hybridized carbons (Fsp3) is 0.618. The van der Waals surface area contributed by atoms with Gasteiger partial charge in [0, 0.05) is 12.8 Å². The van der Waals surface area contributed by atoms with Crippen LogP contribution in [0.1, 0.15) is 84.3 Å². The SMILES string of the molecule is C.CC1CCOC1=O.CC1CCc2ccccc2O1.CC1COC2(CCCCC2)O1.Cc1ccc2c(c1)OC(F)C(F)(F)O2. The molecule has 0 N–H and O–H groups in total. The highest BCUT2D eigenvalue weighted by molar-refractivity contribution is 5.73. The van der Waals surface area contributed by atoms with E-state index < -0.39 is 12.5 Å². The van der Waals surface area contributed by atoms with Crippen LogP contribution >= 0.6 is 0 Å². The van der Waals surface area contributed by atoms with Crippen LogP contribution in [-0.2, 0) is 25.4 Å². The van der Waals surface area contributed by atoms with Crippen molar-refractivity contribution in [3.05, 3.63) is 53.6 Å². The summed E-state index contributed by atoms with van der Waals surface area (Å²) < 4.78 is 68.2. The Balaban J connectivity index is 0.000000163. The molecule has 10 heteroatoms. The molecule has 0 bridgehead atoms. The first-order valence-electron chi connectivity index (χ1n) is 15.2. The summed E-state index contributed by atoms with van der Waals surface area (Å²) in [6.45, 7) is 9.25. The molecule has 1 saturated carbocycles. The third kappa shape index (κ3) is 9.76.